The van der Waals surface area contributed by atoms with Crippen molar-refractivity contribution in [1.82, 2.24) is 0 Å². The summed E-state index contributed by atoms with van der Waals surface area (Å²) < 4.78 is 5.04. The number of carbonyl (C=O) groups excluding carboxylic acids is 1. The van der Waals surface area contributed by atoms with E-state index in [9.17, 15) is 4.79 Å². The van der Waals surface area contributed by atoms with Crippen LogP contribution >= 0.6 is 0 Å². The molecule has 0 N–H and O–H groups in total. The third-order valence-electron chi connectivity index (χ3n) is 1.91. The summed E-state index contributed by atoms with van der Waals surface area (Å²) in [4.78, 5) is 10.8. The fraction of sp³-hybridized carbons (Fsp3) is 0.417. The smallest absolute Gasteiger partial charge is 0.308 e. The molecule has 0 aliphatic heterocycles. The van der Waals surface area contributed by atoms with Gasteiger partial charge in [0.1, 0.15) is 5.75 Å². The van der Waals surface area contributed by atoms with Crippen LogP contribution in [0.1, 0.15) is 31.4 Å². The zero-order valence-corrected chi connectivity index (χ0v) is 8.96. The highest BCUT2D eigenvalue weighted by molar-refractivity contribution is 5.69. The van der Waals surface area contributed by atoms with Crippen molar-refractivity contribution in [3.63, 3.8) is 0 Å². The van der Waals surface area contributed by atoms with Gasteiger partial charge in [0.2, 0.25) is 0 Å². The summed E-state index contributed by atoms with van der Waals surface area (Å²) in [5, 5.41) is 0. The van der Waals surface area contributed by atoms with Crippen molar-refractivity contribution < 1.29 is 9.53 Å². The van der Waals surface area contributed by atoms with E-state index < -0.39 is 0 Å². The molecule has 0 aliphatic carbocycles. The first-order valence-corrected chi connectivity index (χ1v) is 4.91. The summed E-state index contributed by atoms with van der Waals surface area (Å²) >= 11 is 0. The van der Waals surface area contributed by atoms with Crippen LogP contribution in [0, 0.1) is 6.92 Å². The maximum atomic E-state index is 10.8. The Balaban J connectivity index is 2.88. The molecular formula is C12H16O2. The molecule has 0 saturated carbocycles. The molecule has 1 aromatic carbocycles. The number of esters is 1. The standard InChI is InChI=1S/C12H16O2/c1-4-5-11-6-9(2)7-12(8-11)14-10(3)13/h6-8H,4-5H2,1-3H3. The van der Waals surface area contributed by atoms with Crippen LogP contribution < -0.4 is 4.74 Å². The maximum Gasteiger partial charge on any atom is 0.308 e. The van der Waals surface area contributed by atoms with Crippen molar-refractivity contribution in [1.29, 1.82) is 0 Å². The Morgan fingerprint density at radius 3 is 2.64 bits per heavy atom. The van der Waals surface area contributed by atoms with E-state index in [1.165, 1.54) is 12.5 Å². The van der Waals surface area contributed by atoms with Crippen LogP contribution in [0.15, 0.2) is 18.2 Å². The lowest BCUT2D eigenvalue weighted by Gasteiger charge is -2.06. The highest BCUT2D eigenvalue weighted by Gasteiger charge is 2.01. The molecule has 2 nitrogen and oxygen atoms in total. The zero-order chi connectivity index (χ0) is 10.6. The van der Waals surface area contributed by atoms with Gasteiger partial charge in [-0.05, 0) is 36.6 Å². The highest BCUT2D eigenvalue weighted by atomic mass is 16.5. The van der Waals surface area contributed by atoms with E-state index in [0.717, 1.165) is 18.4 Å². The first-order chi connectivity index (χ1) is 6.61. The van der Waals surface area contributed by atoms with E-state index >= 15 is 0 Å². The molecule has 0 aliphatic rings. The Labute approximate surface area is 84.9 Å². The summed E-state index contributed by atoms with van der Waals surface area (Å²) in [5.41, 5.74) is 2.36. The molecule has 0 fully saturated rings. The summed E-state index contributed by atoms with van der Waals surface area (Å²) in [5.74, 6) is 0.388. The number of aryl methyl sites for hydroxylation is 2. The molecule has 0 saturated heterocycles. The molecule has 76 valence electrons. The lowest BCUT2D eigenvalue weighted by Crippen LogP contribution is -2.02. The number of carbonyl (C=O) groups is 1. The van der Waals surface area contributed by atoms with Gasteiger partial charge in [0, 0.05) is 6.92 Å². The first kappa shape index (κ1) is 10.8. The molecule has 14 heavy (non-hydrogen) atoms. The predicted octanol–water partition coefficient (Wildman–Crippen LogP) is 2.87. The van der Waals surface area contributed by atoms with Gasteiger partial charge in [-0.25, -0.2) is 0 Å². The Morgan fingerprint density at radius 2 is 2.07 bits per heavy atom. The van der Waals surface area contributed by atoms with Crippen molar-refractivity contribution in [2.75, 3.05) is 0 Å². The van der Waals surface area contributed by atoms with Gasteiger partial charge in [-0.2, -0.15) is 0 Å². The Bertz CT molecular complexity index is 329. The third kappa shape index (κ3) is 3.21. The number of benzene rings is 1. The second-order valence-corrected chi connectivity index (χ2v) is 3.50. The second kappa shape index (κ2) is 4.80. The Hall–Kier alpha value is -1.31. The maximum absolute atomic E-state index is 10.8. The predicted molar refractivity (Wildman–Crippen MR) is 56.5 cm³/mol. The molecule has 2 heteroatoms. The van der Waals surface area contributed by atoms with Crippen molar-refractivity contribution in [2.24, 2.45) is 0 Å². The zero-order valence-electron chi connectivity index (χ0n) is 8.96. The fourth-order valence-electron chi connectivity index (χ4n) is 1.48. The highest BCUT2D eigenvalue weighted by Crippen LogP contribution is 2.18. The molecule has 0 unspecified atom stereocenters. The molecule has 0 aromatic heterocycles. The van der Waals surface area contributed by atoms with E-state index in [1.54, 1.807) is 0 Å². The number of hydrogen-bond donors (Lipinski definition) is 0. The van der Waals surface area contributed by atoms with Gasteiger partial charge in [-0.15, -0.1) is 0 Å². The van der Waals surface area contributed by atoms with Gasteiger partial charge in [-0.1, -0.05) is 19.4 Å². The molecule has 1 aromatic rings. The first-order valence-electron chi connectivity index (χ1n) is 4.91. The molecule has 0 heterocycles. The van der Waals surface area contributed by atoms with E-state index in [4.69, 9.17) is 4.74 Å². The summed E-state index contributed by atoms with van der Waals surface area (Å²) in [6.45, 7) is 5.56. The molecule has 0 bridgehead atoms. The lowest BCUT2D eigenvalue weighted by molar-refractivity contribution is -0.131. The molecule has 0 atom stereocenters. The molecule has 1 rings (SSSR count). The van der Waals surface area contributed by atoms with Crippen molar-refractivity contribution in [2.45, 2.75) is 33.6 Å². The number of ether oxygens (including phenoxy) is 1. The molecular weight excluding hydrogens is 176 g/mol. The Kier molecular flexibility index (Phi) is 3.69. The molecule has 0 radical (unpaired) electrons. The van der Waals surface area contributed by atoms with Gasteiger partial charge in [-0.3, -0.25) is 4.79 Å². The minimum Gasteiger partial charge on any atom is -0.427 e. The largest absolute Gasteiger partial charge is 0.427 e. The topological polar surface area (TPSA) is 26.3 Å². The van der Waals surface area contributed by atoms with Gasteiger partial charge < -0.3 is 4.74 Å². The van der Waals surface area contributed by atoms with E-state index in [-0.39, 0.29) is 5.97 Å². The monoisotopic (exact) mass is 192 g/mol. The minimum atomic E-state index is -0.266. The van der Waals surface area contributed by atoms with Crippen molar-refractivity contribution in [3.05, 3.63) is 29.3 Å². The summed E-state index contributed by atoms with van der Waals surface area (Å²) in [6, 6.07) is 5.93. The van der Waals surface area contributed by atoms with E-state index in [2.05, 4.69) is 13.0 Å². The van der Waals surface area contributed by atoms with E-state index in [1.807, 2.05) is 19.1 Å². The van der Waals surface area contributed by atoms with Crippen LogP contribution in [-0.4, -0.2) is 5.97 Å². The summed E-state index contributed by atoms with van der Waals surface area (Å²) in [7, 11) is 0. The van der Waals surface area contributed by atoms with Crippen LogP contribution in [0.2, 0.25) is 0 Å². The SMILES string of the molecule is CCCc1cc(C)cc(OC(C)=O)c1. The average molecular weight is 192 g/mol. The van der Waals surface area contributed by atoms with Crippen LogP contribution in [0.3, 0.4) is 0 Å². The van der Waals surface area contributed by atoms with Crippen molar-refractivity contribution in [3.8, 4) is 5.75 Å². The number of rotatable bonds is 3. The van der Waals surface area contributed by atoms with Crippen LogP contribution in [0.25, 0.3) is 0 Å². The Morgan fingerprint density at radius 1 is 1.36 bits per heavy atom. The minimum absolute atomic E-state index is 0.266. The van der Waals surface area contributed by atoms with Crippen LogP contribution in [-0.2, 0) is 11.2 Å². The third-order valence-corrected chi connectivity index (χ3v) is 1.91. The van der Waals surface area contributed by atoms with Crippen LogP contribution in [0.4, 0.5) is 0 Å². The van der Waals surface area contributed by atoms with Gasteiger partial charge in [0.25, 0.3) is 0 Å². The number of hydrogen-bond acceptors (Lipinski definition) is 2. The molecule has 0 amide bonds. The van der Waals surface area contributed by atoms with Crippen molar-refractivity contribution >= 4 is 5.97 Å². The van der Waals surface area contributed by atoms with Gasteiger partial charge in [0.15, 0.2) is 0 Å². The lowest BCUT2D eigenvalue weighted by atomic mass is 10.1. The normalized spacial score (nSPS) is 9.93. The quantitative estimate of drug-likeness (QED) is 0.543. The van der Waals surface area contributed by atoms with Gasteiger partial charge >= 0.3 is 5.97 Å². The molecule has 0 spiro atoms. The summed E-state index contributed by atoms with van der Waals surface area (Å²) in [6.07, 6.45) is 2.12. The van der Waals surface area contributed by atoms with Gasteiger partial charge in [0.05, 0.1) is 0 Å². The average Bonchev–Trinajstić information content (AvgIpc) is 2.01. The fourth-order valence-corrected chi connectivity index (χ4v) is 1.48. The van der Waals surface area contributed by atoms with E-state index in [0.29, 0.717) is 5.75 Å². The van der Waals surface area contributed by atoms with Crippen LogP contribution in [0.5, 0.6) is 5.75 Å². The second-order valence-electron chi connectivity index (χ2n) is 3.50.